The molecule has 1 aliphatic rings. The van der Waals surface area contributed by atoms with Gasteiger partial charge in [0.05, 0.1) is 13.2 Å². The Morgan fingerprint density at radius 1 is 1.18 bits per heavy atom. The largest absolute Gasteiger partial charge is 0.379 e. The zero-order chi connectivity index (χ0) is 12.7. The summed E-state index contributed by atoms with van der Waals surface area (Å²) >= 11 is 5.37. The summed E-state index contributed by atoms with van der Waals surface area (Å²) in [6.07, 6.45) is -2.53. The van der Waals surface area contributed by atoms with E-state index in [-0.39, 0.29) is 0 Å². The minimum atomic E-state index is -2.53. The molecule has 0 radical (unpaired) electrons. The molecule has 0 bridgehead atoms. The smallest absolute Gasteiger partial charge is 0.159 e. The Bertz CT molecular complexity index is 366. The second-order valence-electron chi connectivity index (χ2n) is 3.45. The van der Waals surface area contributed by atoms with Crippen LogP contribution in [0.1, 0.15) is 13.8 Å². The molecule has 3 nitrogen and oxygen atoms in total. The summed E-state index contributed by atoms with van der Waals surface area (Å²) in [5, 5.41) is 0.863. The average molecular weight is 273 g/mol. The second-order valence-corrected chi connectivity index (χ2v) is 7.14. The first-order valence-electron chi connectivity index (χ1n) is 5.93. The van der Waals surface area contributed by atoms with Crippen molar-refractivity contribution in [3.63, 3.8) is 0 Å². The van der Waals surface area contributed by atoms with E-state index < -0.39 is 6.42 Å². The second kappa shape index (κ2) is 7.24. The van der Waals surface area contributed by atoms with E-state index in [0.717, 1.165) is 18.4 Å². The Kier molecular flexibility index (Phi) is 6.31. The Morgan fingerprint density at radius 3 is 2.24 bits per heavy atom. The van der Waals surface area contributed by atoms with Crippen LogP contribution in [0.3, 0.4) is 0 Å². The van der Waals surface area contributed by atoms with E-state index in [2.05, 4.69) is 0 Å². The fraction of sp³-hybridized carbons (Fsp3) is 0.500. The molecule has 1 aromatic carbocycles. The van der Waals surface area contributed by atoms with E-state index >= 15 is 0 Å². The van der Waals surface area contributed by atoms with Gasteiger partial charge in [-0.15, -0.1) is 0 Å². The fourth-order valence-electron chi connectivity index (χ4n) is 1.61. The quantitative estimate of drug-likeness (QED) is 0.835. The molecule has 0 amide bonds. The Labute approximate surface area is 109 Å². The SMILES string of the molecule is CC.OP(=S)(c1ccccc1)N1CCOCC1. The predicted octanol–water partition coefficient (Wildman–Crippen LogP) is 1.97. The van der Waals surface area contributed by atoms with Gasteiger partial charge in [0.15, 0.2) is 6.42 Å². The zero-order valence-electron chi connectivity index (χ0n) is 10.4. The minimum absolute atomic E-state index is 0.659. The molecule has 0 aromatic heterocycles. The van der Waals surface area contributed by atoms with E-state index in [1.165, 1.54) is 0 Å². The molecule has 1 heterocycles. The highest BCUT2D eigenvalue weighted by molar-refractivity contribution is 8.14. The highest BCUT2D eigenvalue weighted by Crippen LogP contribution is 2.44. The molecule has 0 aliphatic carbocycles. The van der Waals surface area contributed by atoms with Crippen molar-refractivity contribution in [3.05, 3.63) is 30.3 Å². The molecule has 0 spiro atoms. The number of ether oxygens (including phenoxy) is 1. The molecular formula is C12H20NO2PS. The first-order valence-corrected chi connectivity index (χ1v) is 8.63. The van der Waals surface area contributed by atoms with Crippen molar-refractivity contribution in [2.24, 2.45) is 0 Å². The molecule has 0 saturated carbocycles. The molecule has 1 aliphatic heterocycles. The fourth-order valence-corrected chi connectivity index (χ4v) is 4.06. The van der Waals surface area contributed by atoms with Crippen molar-refractivity contribution >= 4 is 23.5 Å². The van der Waals surface area contributed by atoms with Crippen LogP contribution in [0.4, 0.5) is 0 Å². The summed E-state index contributed by atoms with van der Waals surface area (Å²) in [5.41, 5.74) is 0. The van der Waals surface area contributed by atoms with Crippen LogP contribution in [0, 0.1) is 0 Å². The van der Waals surface area contributed by atoms with E-state index in [1.807, 2.05) is 48.8 Å². The summed E-state index contributed by atoms with van der Waals surface area (Å²) in [5.74, 6) is 0. The summed E-state index contributed by atoms with van der Waals surface area (Å²) in [6.45, 7) is 6.77. The van der Waals surface area contributed by atoms with E-state index in [4.69, 9.17) is 16.5 Å². The number of rotatable bonds is 2. The molecule has 1 fully saturated rings. The van der Waals surface area contributed by atoms with Crippen molar-refractivity contribution in [1.29, 1.82) is 0 Å². The van der Waals surface area contributed by atoms with Crippen LogP contribution in [-0.2, 0) is 16.5 Å². The summed E-state index contributed by atoms with van der Waals surface area (Å²) < 4.78 is 7.22. The third kappa shape index (κ3) is 3.87. The molecule has 1 saturated heterocycles. The van der Waals surface area contributed by atoms with Crippen LogP contribution in [0.15, 0.2) is 30.3 Å². The van der Waals surface area contributed by atoms with Gasteiger partial charge in [-0.25, -0.2) is 4.67 Å². The molecular weight excluding hydrogens is 253 g/mol. The molecule has 17 heavy (non-hydrogen) atoms. The molecule has 1 unspecified atom stereocenters. The van der Waals surface area contributed by atoms with Crippen LogP contribution in [0.25, 0.3) is 0 Å². The highest BCUT2D eigenvalue weighted by Gasteiger charge is 2.26. The lowest BCUT2D eigenvalue weighted by Crippen LogP contribution is -2.36. The number of hydrogen-bond acceptors (Lipinski definition) is 2. The first kappa shape index (κ1) is 14.8. The summed E-state index contributed by atoms with van der Waals surface area (Å²) in [6, 6.07) is 9.55. The third-order valence-corrected chi connectivity index (χ3v) is 5.93. The van der Waals surface area contributed by atoms with Gasteiger partial charge in [0, 0.05) is 18.4 Å². The lowest BCUT2D eigenvalue weighted by Gasteiger charge is -2.33. The molecule has 1 N–H and O–H groups in total. The average Bonchev–Trinajstić information content (AvgIpc) is 2.43. The molecule has 1 aromatic rings. The van der Waals surface area contributed by atoms with Gasteiger partial charge >= 0.3 is 0 Å². The van der Waals surface area contributed by atoms with Crippen molar-refractivity contribution in [1.82, 2.24) is 4.67 Å². The van der Waals surface area contributed by atoms with Crippen molar-refractivity contribution in [2.45, 2.75) is 13.8 Å². The van der Waals surface area contributed by atoms with Crippen molar-refractivity contribution < 1.29 is 9.63 Å². The summed E-state index contributed by atoms with van der Waals surface area (Å²) in [7, 11) is 0. The number of nitrogens with zero attached hydrogens (tertiary/aromatic N) is 1. The predicted molar refractivity (Wildman–Crippen MR) is 76.3 cm³/mol. The Hall–Kier alpha value is -0.250. The van der Waals surface area contributed by atoms with Gasteiger partial charge in [-0.2, -0.15) is 0 Å². The molecule has 1 atom stereocenters. The maximum absolute atomic E-state index is 10.4. The van der Waals surface area contributed by atoms with E-state index in [1.54, 1.807) is 0 Å². The number of morpholine rings is 1. The Balaban J connectivity index is 0.000000686. The standard InChI is InChI=1S/C10H14NO2PS.C2H6/c12-14(15,10-4-2-1-3-5-10)11-6-8-13-9-7-11;1-2/h1-5H,6-9H2,(H,12,15);1-2H3. The highest BCUT2D eigenvalue weighted by atomic mass is 32.4. The van der Waals surface area contributed by atoms with Gasteiger partial charge < -0.3 is 9.63 Å². The zero-order valence-corrected chi connectivity index (χ0v) is 12.1. The van der Waals surface area contributed by atoms with Crippen molar-refractivity contribution in [3.8, 4) is 0 Å². The van der Waals surface area contributed by atoms with Gasteiger partial charge in [0.2, 0.25) is 0 Å². The monoisotopic (exact) mass is 273 g/mol. The van der Waals surface area contributed by atoms with Gasteiger partial charge in [-0.1, -0.05) is 44.2 Å². The van der Waals surface area contributed by atoms with Crippen LogP contribution in [0.5, 0.6) is 0 Å². The van der Waals surface area contributed by atoms with Gasteiger partial charge in [-0.3, -0.25) is 0 Å². The normalized spacial score (nSPS) is 19.9. The van der Waals surface area contributed by atoms with Crippen LogP contribution in [0.2, 0.25) is 0 Å². The molecule has 96 valence electrons. The van der Waals surface area contributed by atoms with Crippen LogP contribution in [-0.4, -0.2) is 35.9 Å². The van der Waals surface area contributed by atoms with Gasteiger partial charge in [0.25, 0.3) is 0 Å². The maximum atomic E-state index is 10.4. The lowest BCUT2D eigenvalue weighted by atomic mass is 10.4. The minimum Gasteiger partial charge on any atom is -0.379 e. The van der Waals surface area contributed by atoms with Crippen molar-refractivity contribution in [2.75, 3.05) is 26.3 Å². The molecule has 5 heteroatoms. The Morgan fingerprint density at radius 2 is 1.71 bits per heavy atom. The lowest BCUT2D eigenvalue weighted by molar-refractivity contribution is 0.0721. The topological polar surface area (TPSA) is 32.7 Å². The maximum Gasteiger partial charge on any atom is 0.159 e. The van der Waals surface area contributed by atoms with Crippen LogP contribution < -0.4 is 5.30 Å². The molecule has 2 rings (SSSR count). The number of hydrogen-bond donors (Lipinski definition) is 1. The summed E-state index contributed by atoms with van der Waals surface area (Å²) in [4.78, 5) is 10.4. The van der Waals surface area contributed by atoms with Gasteiger partial charge in [-0.05, 0) is 11.8 Å². The van der Waals surface area contributed by atoms with Crippen LogP contribution >= 0.6 is 6.42 Å². The van der Waals surface area contributed by atoms with E-state index in [0.29, 0.717) is 13.2 Å². The third-order valence-electron chi connectivity index (χ3n) is 2.46. The van der Waals surface area contributed by atoms with Gasteiger partial charge in [0.1, 0.15) is 0 Å². The van der Waals surface area contributed by atoms with E-state index in [9.17, 15) is 4.89 Å². The first-order chi connectivity index (χ1) is 8.21. The number of benzene rings is 1.